The second-order valence-corrected chi connectivity index (χ2v) is 9.21. The van der Waals surface area contributed by atoms with E-state index in [4.69, 9.17) is 21.1 Å². The number of carbonyl (C=O) groups excluding carboxylic acids is 1. The molecule has 0 spiro atoms. The summed E-state index contributed by atoms with van der Waals surface area (Å²) in [5.74, 6) is -0.00851. The lowest BCUT2D eigenvalue weighted by Gasteiger charge is -2.35. The number of nitrogens with zero attached hydrogens (tertiary/aromatic N) is 3. The molecule has 2 aliphatic rings. The van der Waals surface area contributed by atoms with Gasteiger partial charge in [-0.25, -0.2) is 0 Å². The maximum absolute atomic E-state index is 14.2. The van der Waals surface area contributed by atoms with Crippen LogP contribution in [0.3, 0.4) is 0 Å². The van der Waals surface area contributed by atoms with Crippen LogP contribution in [0.15, 0.2) is 72.8 Å². The Morgan fingerprint density at radius 3 is 2.33 bits per heavy atom. The van der Waals surface area contributed by atoms with Crippen molar-refractivity contribution in [3.05, 3.63) is 94.5 Å². The van der Waals surface area contributed by atoms with E-state index in [0.717, 1.165) is 11.3 Å². The fourth-order valence-electron chi connectivity index (χ4n) is 5.44. The van der Waals surface area contributed by atoms with Gasteiger partial charge in [-0.15, -0.1) is 0 Å². The summed E-state index contributed by atoms with van der Waals surface area (Å²) in [6.45, 7) is 0. The number of ketones is 1. The molecule has 1 fully saturated rings. The molecule has 2 aliphatic heterocycles. The van der Waals surface area contributed by atoms with Crippen molar-refractivity contribution < 1.29 is 14.3 Å². The van der Waals surface area contributed by atoms with E-state index in [9.17, 15) is 15.3 Å². The number of nitriles is 2. The number of halogens is 1. The molecule has 1 saturated heterocycles. The average molecular weight is 496 g/mol. The van der Waals surface area contributed by atoms with Gasteiger partial charge >= 0.3 is 0 Å². The highest BCUT2D eigenvalue weighted by atomic mass is 35.5. The first kappa shape index (κ1) is 23.5. The lowest BCUT2D eigenvalue weighted by atomic mass is 9.69. The third-order valence-corrected chi connectivity index (χ3v) is 7.33. The molecule has 3 atom stereocenters. The van der Waals surface area contributed by atoms with Crippen molar-refractivity contribution >= 4 is 29.1 Å². The quantitative estimate of drug-likeness (QED) is 0.426. The van der Waals surface area contributed by atoms with E-state index in [1.54, 1.807) is 42.5 Å². The minimum absolute atomic E-state index is 0.200. The molecule has 3 aromatic rings. The molecule has 5 rings (SSSR count). The second kappa shape index (κ2) is 9.07. The Hall–Kier alpha value is -4.26. The Labute approximate surface area is 214 Å². The topological polar surface area (TPSA) is 86.4 Å². The predicted molar refractivity (Wildman–Crippen MR) is 137 cm³/mol. The molecule has 0 bridgehead atoms. The van der Waals surface area contributed by atoms with E-state index in [2.05, 4.69) is 12.1 Å². The Morgan fingerprint density at radius 2 is 1.67 bits per heavy atom. The zero-order valence-electron chi connectivity index (χ0n) is 19.7. The third-order valence-electron chi connectivity index (χ3n) is 7.08. The number of Topliss-reactive ketones (excluding diaryl/α,β-unsaturated/α-hetero) is 1. The summed E-state index contributed by atoms with van der Waals surface area (Å²) in [6.07, 6.45) is 3.78. The van der Waals surface area contributed by atoms with E-state index in [1.807, 2.05) is 41.3 Å². The first-order valence-corrected chi connectivity index (χ1v) is 11.8. The molecule has 0 amide bonds. The zero-order chi connectivity index (χ0) is 25.4. The van der Waals surface area contributed by atoms with Crippen LogP contribution in [-0.2, 0) is 0 Å². The van der Waals surface area contributed by atoms with E-state index < -0.39 is 23.4 Å². The lowest BCUT2D eigenvalue weighted by molar-refractivity contribution is 0.0951. The standard InChI is InChI=1S/C29H22ClN3O3/c1-35-23-13-9-20(15-24(23)36-2)26-27(28(34)19-7-11-21(30)12-8-19)33-22-6-4-3-5-18(22)10-14-25(33)29(26,16-31)17-32/h3-15,25-27H,1-2H3/t25?,26-,27+/m1/s1. The molecule has 0 N–H and O–H groups in total. The highest BCUT2D eigenvalue weighted by Gasteiger charge is 2.63. The van der Waals surface area contributed by atoms with Crippen molar-refractivity contribution in [2.75, 3.05) is 19.1 Å². The van der Waals surface area contributed by atoms with Gasteiger partial charge in [-0.2, -0.15) is 10.5 Å². The number of ether oxygens (including phenoxy) is 2. The van der Waals surface area contributed by atoms with Gasteiger partial charge in [0.05, 0.1) is 32.4 Å². The number of hydrogen-bond donors (Lipinski definition) is 0. The van der Waals surface area contributed by atoms with Crippen LogP contribution in [0.5, 0.6) is 11.5 Å². The summed E-state index contributed by atoms with van der Waals surface area (Å²) in [6, 6.07) is 22.8. The van der Waals surface area contributed by atoms with Crippen molar-refractivity contribution in [2.24, 2.45) is 5.41 Å². The van der Waals surface area contributed by atoms with Crippen LogP contribution < -0.4 is 14.4 Å². The van der Waals surface area contributed by atoms with E-state index in [0.29, 0.717) is 27.6 Å². The van der Waals surface area contributed by atoms with Crippen molar-refractivity contribution in [1.82, 2.24) is 0 Å². The molecule has 3 aromatic carbocycles. The fourth-order valence-corrected chi connectivity index (χ4v) is 5.57. The second-order valence-electron chi connectivity index (χ2n) is 8.77. The minimum atomic E-state index is -1.55. The van der Waals surface area contributed by atoms with Crippen LogP contribution in [0, 0.1) is 28.1 Å². The normalized spacial score (nSPS) is 21.0. The molecule has 36 heavy (non-hydrogen) atoms. The molecular weight excluding hydrogens is 474 g/mol. The van der Waals surface area contributed by atoms with Gasteiger partial charge in [0.2, 0.25) is 0 Å². The van der Waals surface area contributed by atoms with Crippen LogP contribution in [0.25, 0.3) is 6.08 Å². The molecule has 178 valence electrons. The Bertz CT molecular complexity index is 1440. The summed E-state index contributed by atoms with van der Waals surface area (Å²) in [7, 11) is 3.06. The smallest absolute Gasteiger partial charge is 0.185 e. The monoisotopic (exact) mass is 495 g/mol. The zero-order valence-corrected chi connectivity index (χ0v) is 20.4. The number of para-hydroxylation sites is 1. The van der Waals surface area contributed by atoms with E-state index in [1.165, 1.54) is 14.2 Å². The Balaban J connectivity index is 1.78. The van der Waals surface area contributed by atoms with Gasteiger partial charge in [0.15, 0.2) is 22.7 Å². The van der Waals surface area contributed by atoms with Crippen molar-refractivity contribution in [3.63, 3.8) is 0 Å². The summed E-state index contributed by atoms with van der Waals surface area (Å²) < 4.78 is 10.9. The fraction of sp³-hybridized carbons (Fsp3) is 0.207. The van der Waals surface area contributed by atoms with Gasteiger partial charge in [0.25, 0.3) is 0 Å². The van der Waals surface area contributed by atoms with Gasteiger partial charge in [-0.3, -0.25) is 4.79 Å². The molecule has 2 heterocycles. The van der Waals surface area contributed by atoms with Crippen LogP contribution >= 0.6 is 11.6 Å². The molecule has 7 heteroatoms. The van der Waals surface area contributed by atoms with Crippen LogP contribution in [0.2, 0.25) is 5.02 Å². The highest BCUT2D eigenvalue weighted by molar-refractivity contribution is 6.30. The SMILES string of the molecule is COc1ccc([C@@H]2[C@@H](C(=O)c3ccc(Cl)cc3)N3c4ccccc4C=CC3C2(C#N)C#N)cc1OC. The average Bonchev–Trinajstić information content (AvgIpc) is 3.23. The Morgan fingerprint density at radius 1 is 0.972 bits per heavy atom. The maximum Gasteiger partial charge on any atom is 0.185 e. The number of anilines is 1. The van der Waals surface area contributed by atoms with Gasteiger partial charge in [-0.05, 0) is 53.6 Å². The van der Waals surface area contributed by atoms with Gasteiger partial charge in [0.1, 0.15) is 6.04 Å². The first-order valence-electron chi connectivity index (χ1n) is 11.4. The number of benzene rings is 3. The maximum atomic E-state index is 14.2. The predicted octanol–water partition coefficient (Wildman–Crippen LogP) is 5.64. The van der Waals surface area contributed by atoms with Crippen LogP contribution in [0.4, 0.5) is 5.69 Å². The number of hydrogen-bond acceptors (Lipinski definition) is 6. The number of fused-ring (bicyclic) bond motifs is 3. The Kier molecular flexibility index (Phi) is 5.92. The van der Waals surface area contributed by atoms with E-state index >= 15 is 0 Å². The largest absolute Gasteiger partial charge is 0.493 e. The van der Waals surface area contributed by atoms with Crippen molar-refractivity contribution in [3.8, 4) is 23.6 Å². The molecule has 1 unspecified atom stereocenters. The van der Waals surface area contributed by atoms with Gasteiger partial charge < -0.3 is 14.4 Å². The van der Waals surface area contributed by atoms with Crippen LogP contribution in [0.1, 0.15) is 27.4 Å². The summed E-state index contributed by atoms with van der Waals surface area (Å²) in [5, 5.41) is 21.6. The molecule has 0 radical (unpaired) electrons. The molecule has 0 saturated carbocycles. The third kappa shape index (κ3) is 3.42. The lowest BCUT2D eigenvalue weighted by Crippen LogP contribution is -2.44. The number of rotatable bonds is 5. The number of carbonyl (C=O) groups is 1. The van der Waals surface area contributed by atoms with E-state index in [-0.39, 0.29) is 5.78 Å². The minimum Gasteiger partial charge on any atom is -0.493 e. The van der Waals surface area contributed by atoms with Crippen LogP contribution in [-0.4, -0.2) is 32.1 Å². The molecular formula is C29H22ClN3O3. The summed E-state index contributed by atoms with van der Waals surface area (Å²) in [4.78, 5) is 16.2. The van der Waals surface area contributed by atoms with Crippen molar-refractivity contribution in [1.29, 1.82) is 10.5 Å². The van der Waals surface area contributed by atoms with Crippen molar-refractivity contribution in [2.45, 2.75) is 18.0 Å². The van der Waals surface area contributed by atoms with Gasteiger partial charge in [-0.1, -0.05) is 48.0 Å². The molecule has 0 aromatic heterocycles. The summed E-state index contributed by atoms with van der Waals surface area (Å²) >= 11 is 6.09. The summed E-state index contributed by atoms with van der Waals surface area (Å²) in [5.41, 5.74) is 1.27. The van der Waals surface area contributed by atoms with Gasteiger partial charge in [0, 0.05) is 22.2 Å². The first-order chi connectivity index (χ1) is 17.5. The highest BCUT2D eigenvalue weighted by Crippen LogP contribution is 2.56. The molecule has 0 aliphatic carbocycles. The molecule has 6 nitrogen and oxygen atoms in total. The number of methoxy groups -OCH3 is 2.